The van der Waals surface area contributed by atoms with Crippen LogP contribution in [0, 0.1) is 0 Å². The molecule has 2 heterocycles. The Morgan fingerprint density at radius 1 is 1.24 bits per heavy atom. The van der Waals surface area contributed by atoms with E-state index in [1.54, 1.807) is 11.3 Å². The average Bonchev–Trinajstić information content (AvgIpc) is 2.83. The van der Waals surface area contributed by atoms with Crippen LogP contribution in [-0.2, 0) is 5.41 Å². The summed E-state index contributed by atoms with van der Waals surface area (Å²) in [6.07, 6.45) is 0. The molecule has 0 spiro atoms. The maximum atomic E-state index is 6.31. The van der Waals surface area contributed by atoms with Crippen molar-refractivity contribution in [2.24, 2.45) is 5.73 Å². The second-order valence-electron chi connectivity index (χ2n) is 5.06. The number of halogens is 1. The maximum Gasteiger partial charge on any atom is 0.0751 e. The highest BCUT2D eigenvalue weighted by Gasteiger charge is 2.20. The minimum absolute atomic E-state index is 0.00882. The van der Waals surface area contributed by atoms with Crippen LogP contribution in [0.5, 0.6) is 0 Å². The predicted octanol–water partition coefficient (Wildman–Crippen LogP) is 4.92. The van der Waals surface area contributed by atoms with Gasteiger partial charge in [0.05, 0.1) is 6.04 Å². The van der Waals surface area contributed by atoms with Crippen molar-refractivity contribution in [3.8, 4) is 0 Å². The van der Waals surface area contributed by atoms with E-state index in [-0.39, 0.29) is 11.5 Å². The molecule has 92 valence electrons. The molecule has 0 aromatic carbocycles. The lowest BCUT2D eigenvalue weighted by molar-refractivity contribution is 0.604. The van der Waals surface area contributed by atoms with Gasteiger partial charge in [0.1, 0.15) is 0 Å². The van der Waals surface area contributed by atoms with Crippen LogP contribution in [0.2, 0.25) is 0 Å². The molecule has 0 radical (unpaired) electrons. The van der Waals surface area contributed by atoms with Gasteiger partial charge in [-0.3, -0.25) is 0 Å². The molecule has 2 aromatic heterocycles. The zero-order valence-electron chi connectivity index (χ0n) is 10.2. The zero-order valence-corrected chi connectivity index (χ0v) is 13.4. The second-order valence-corrected chi connectivity index (χ2v) is 7.98. The number of nitrogens with two attached hydrogens (primary N) is 1. The van der Waals surface area contributed by atoms with E-state index in [0.29, 0.717) is 0 Å². The van der Waals surface area contributed by atoms with Crippen molar-refractivity contribution in [1.29, 1.82) is 0 Å². The van der Waals surface area contributed by atoms with Gasteiger partial charge in [-0.05, 0) is 44.9 Å². The lowest BCUT2D eigenvalue weighted by Crippen LogP contribution is -2.09. The second kappa shape index (κ2) is 4.84. The van der Waals surface area contributed by atoms with Gasteiger partial charge in [-0.25, -0.2) is 0 Å². The third kappa shape index (κ3) is 2.81. The SMILES string of the molecule is CC(C)(C)c1ccc(C(N)c2sccc2Br)s1. The molecule has 0 saturated heterocycles. The first-order valence-electron chi connectivity index (χ1n) is 5.48. The molecule has 2 N–H and O–H groups in total. The van der Waals surface area contributed by atoms with Gasteiger partial charge >= 0.3 is 0 Å². The summed E-state index contributed by atoms with van der Waals surface area (Å²) in [6.45, 7) is 6.69. The van der Waals surface area contributed by atoms with Crippen molar-refractivity contribution in [2.75, 3.05) is 0 Å². The standard InChI is InChI=1S/C13H16BrNS2/c1-13(2,3)10-5-4-9(17-10)11(15)12-8(14)6-7-16-12/h4-7,11H,15H2,1-3H3. The molecule has 1 unspecified atom stereocenters. The minimum Gasteiger partial charge on any atom is -0.319 e. The molecule has 2 aromatic rings. The van der Waals surface area contributed by atoms with E-state index in [1.165, 1.54) is 14.6 Å². The molecule has 0 fully saturated rings. The van der Waals surface area contributed by atoms with E-state index in [2.05, 4.69) is 60.3 Å². The number of hydrogen-bond donors (Lipinski definition) is 1. The van der Waals surface area contributed by atoms with E-state index < -0.39 is 0 Å². The van der Waals surface area contributed by atoms with Gasteiger partial charge in [-0.15, -0.1) is 22.7 Å². The molecule has 0 bridgehead atoms. The van der Waals surface area contributed by atoms with Crippen molar-refractivity contribution in [3.05, 3.63) is 42.7 Å². The average molecular weight is 330 g/mol. The molecular weight excluding hydrogens is 314 g/mol. The van der Waals surface area contributed by atoms with Crippen LogP contribution in [-0.4, -0.2) is 0 Å². The topological polar surface area (TPSA) is 26.0 Å². The Labute approximate surface area is 119 Å². The smallest absolute Gasteiger partial charge is 0.0751 e. The summed E-state index contributed by atoms with van der Waals surface area (Å²) in [5.74, 6) is 0. The van der Waals surface area contributed by atoms with Crippen LogP contribution in [0.4, 0.5) is 0 Å². The van der Waals surface area contributed by atoms with E-state index in [9.17, 15) is 0 Å². The van der Waals surface area contributed by atoms with Gasteiger partial charge in [0, 0.05) is 19.1 Å². The number of thiophene rings is 2. The third-order valence-corrected chi connectivity index (χ3v) is 6.15. The first-order chi connectivity index (χ1) is 7.89. The summed E-state index contributed by atoms with van der Waals surface area (Å²) >= 11 is 7.07. The van der Waals surface area contributed by atoms with E-state index in [1.807, 2.05) is 11.3 Å². The van der Waals surface area contributed by atoms with E-state index >= 15 is 0 Å². The summed E-state index contributed by atoms with van der Waals surface area (Å²) in [4.78, 5) is 3.82. The molecule has 1 nitrogen and oxygen atoms in total. The number of rotatable bonds is 2. The Morgan fingerprint density at radius 2 is 1.94 bits per heavy atom. The molecule has 0 saturated carbocycles. The van der Waals surface area contributed by atoms with Gasteiger partial charge in [-0.2, -0.15) is 0 Å². The van der Waals surface area contributed by atoms with Crippen molar-refractivity contribution >= 4 is 38.6 Å². The van der Waals surface area contributed by atoms with Crippen molar-refractivity contribution in [1.82, 2.24) is 0 Å². The molecular formula is C13H16BrNS2. The molecule has 0 aliphatic rings. The van der Waals surface area contributed by atoms with Crippen LogP contribution in [0.25, 0.3) is 0 Å². The maximum absolute atomic E-state index is 6.31. The monoisotopic (exact) mass is 329 g/mol. The van der Waals surface area contributed by atoms with Gasteiger partial charge in [-0.1, -0.05) is 20.8 Å². The van der Waals surface area contributed by atoms with Crippen LogP contribution >= 0.6 is 38.6 Å². The lowest BCUT2D eigenvalue weighted by atomic mass is 9.95. The highest BCUT2D eigenvalue weighted by atomic mass is 79.9. The lowest BCUT2D eigenvalue weighted by Gasteiger charge is -2.15. The Hall–Kier alpha value is -0.160. The Kier molecular flexibility index (Phi) is 3.78. The fourth-order valence-electron chi connectivity index (χ4n) is 1.58. The largest absolute Gasteiger partial charge is 0.319 e. The normalized spacial score (nSPS) is 13.9. The molecule has 1 atom stereocenters. The first-order valence-corrected chi connectivity index (χ1v) is 7.97. The first kappa shape index (κ1) is 13.3. The summed E-state index contributed by atoms with van der Waals surface area (Å²) in [5.41, 5.74) is 6.51. The van der Waals surface area contributed by atoms with Gasteiger partial charge < -0.3 is 5.73 Å². The summed E-state index contributed by atoms with van der Waals surface area (Å²) in [7, 11) is 0. The number of hydrogen-bond acceptors (Lipinski definition) is 3. The fraction of sp³-hybridized carbons (Fsp3) is 0.385. The molecule has 2 rings (SSSR count). The molecule has 0 aliphatic heterocycles. The van der Waals surface area contributed by atoms with Crippen LogP contribution in [0.1, 0.15) is 41.4 Å². The van der Waals surface area contributed by atoms with Gasteiger partial charge in [0.15, 0.2) is 0 Å². The summed E-state index contributed by atoms with van der Waals surface area (Å²) < 4.78 is 1.11. The van der Waals surface area contributed by atoms with E-state index in [0.717, 1.165) is 4.47 Å². The van der Waals surface area contributed by atoms with Crippen molar-refractivity contribution in [2.45, 2.75) is 32.2 Å². The Balaban J connectivity index is 2.30. The fourth-order valence-corrected chi connectivity index (χ4v) is 4.37. The zero-order chi connectivity index (χ0) is 12.6. The molecule has 4 heteroatoms. The van der Waals surface area contributed by atoms with Gasteiger partial charge in [0.2, 0.25) is 0 Å². The van der Waals surface area contributed by atoms with Crippen LogP contribution < -0.4 is 5.73 Å². The Bertz CT molecular complexity index is 507. The Morgan fingerprint density at radius 3 is 2.41 bits per heavy atom. The van der Waals surface area contributed by atoms with Gasteiger partial charge in [0.25, 0.3) is 0 Å². The quantitative estimate of drug-likeness (QED) is 0.831. The predicted molar refractivity (Wildman–Crippen MR) is 81.1 cm³/mol. The van der Waals surface area contributed by atoms with E-state index in [4.69, 9.17) is 5.73 Å². The molecule has 0 aliphatic carbocycles. The molecule has 0 amide bonds. The van der Waals surface area contributed by atoms with Crippen LogP contribution in [0.15, 0.2) is 28.1 Å². The highest BCUT2D eigenvalue weighted by Crippen LogP contribution is 2.37. The van der Waals surface area contributed by atoms with Crippen LogP contribution in [0.3, 0.4) is 0 Å². The molecule has 17 heavy (non-hydrogen) atoms. The third-order valence-electron chi connectivity index (χ3n) is 2.60. The minimum atomic E-state index is -0.00882. The summed E-state index contributed by atoms with van der Waals surface area (Å²) in [5, 5.41) is 2.07. The van der Waals surface area contributed by atoms with Crippen molar-refractivity contribution in [3.63, 3.8) is 0 Å². The summed E-state index contributed by atoms with van der Waals surface area (Å²) in [6, 6.07) is 6.40. The van der Waals surface area contributed by atoms with Crippen molar-refractivity contribution < 1.29 is 0 Å². The highest BCUT2D eigenvalue weighted by molar-refractivity contribution is 9.10.